The average Bonchev–Trinajstić information content (AvgIpc) is 3.00. The summed E-state index contributed by atoms with van der Waals surface area (Å²) < 4.78 is 7.02. The van der Waals surface area contributed by atoms with Crippen LogP contribution in [0.5, 0.6) is 5.75 Å². The second kappa shape index (κ2) is 6.55. The Kier molecular flexibility index (Phi) is 4.49. The number of benzene rings is 1. The third kappa shape index (κ3) is 3.30. The van der Waals surface area contributed by atoms with Gasteiger partial charge in [0, 0.05) is 6.42 Å². The number of halogens is 1. The van der Waals surface area contributed by atoms with Crippen molar-refractivity contribution in [3.63, 3.8) is 0 Å². The number of rotatable bonds is 6. The molecule has 23 heavy (non-hydrogen) atoms. The average molecular weight is 352 g/mol. The van der Waals surface area contributed by atoms with E-state index in [0.29, 0.717) is 34.5 Å². The molecule has 0 unspecified atom stereocenters. The molecular weight excluding hydrogens is 338 g/mol. The van der Waals surface area contributed by atoms with Crippen molar-refractivity contribution >= 4 is 33.9 Å². The second-order valence-corrected chi connectivity index (χ2v) is 6.37. The Hall–Kier alpha value is -2.12. The van der Waals surface area contributed by atoms with E-state index in [2.05, 4.69) is 10.1 Å². The summed E-state index contributed by atoms with van der Waals surface area (Å²) in [5.41, 5.74) is 0.597. The number of aromatic nitrogens is 3. The summed E-state index contributed by atoms with van der Waals surface area (Å²) in [6, 6.07) is 7.32. The van der Waals surface area contributed by atoms with E-state index in [-0.39, 0.29) is 5.69 Å². The zero-order chi connectivity index (χ0) is 16.4. The van der Waals surface area contributed by atoms with Crippen molar-refractivity contribution in [1.82, 2.24) is 14.6 Å². The molecule has 0 aliphatic rings. The van der Waals surface area contributed by atoms with Crippen LogP contribution in [0.15, 0.2) is 24.3 Å². The van der Waals surface area contributed by atoms with Gasteiger partial charge in [0.25, 0.3) is 0 Å². The second-order valence-electron chi connectivity index (χ2n) is 4.92. The van der Waals surface area contributed by atoms with Crippen LogP contribution in [-0.2, 0) is 6.42 Å². The topological polar surface area (TPSA) is 76.7 Å². The number of para-hydroxylation sites is 1. The fraction of sp³-hybridized carbons (Fsp3) is 0.267. The minimum atomic E-state index is -1.02. The van der Waals surface area contributed by atoms with Gasteiger partial charge in [0.15, 0.2) is 5.69 Å². The van der Waals surface area contributed by atoms with Crippen LogP contribution < -0.4 is 4.74 Å². The van der Waals surface area contributed by atoms with Crippen LogP contribution in [-0.4, -0.2) is 32.3 Å². The monoisotopic (exact) mass is 351 g/mol. The molecule has 120 valence electrons. The Labute approximate surface area is 141 Å². The lowest BCUT2D eigenvalue weighted by Gasteiger charge is -2.06. The molecule has 0 amide bonds. The maximum Gasteiger partial charge on any atom is 0.356 e. The molecule has 2 heterocycles. The predicted molar refractivity (Wildman–Crippen MR) is 87.8 cm³/mol. The normalized spacial score (nSPS) is 11.0. The Balaban J connectivity index is 1.62. The highest BCUT2D eigenvalue weighted by atomic mass is 35.5. The number of carboxylic acids is 1. The van der Waals surface area contributed by atoms with Crippen LogP contribution in [0.4, 0.5) is 0 Å². The summed E-state index contributed by atoms with van der Waals surface area (Å²) in [6.07, 6.45) is 1.44. The quantitative estimate of drug-likeness (QED) is 0.688. The molecule has 0 aliphatic heterocycles. The first-order chi connectivity index (χ1) is 11.1. The zero-order valence-corrected chi connectivity index (χ0v) is 13.9. The molecule has 8 heteroatoms. The summed E-state index contributed by atoms with van der Waals surface area (Å²) in [5.74, 6) is -0.360. The Morgan fingerprint density at radius 1 is 1.43 bits per heavy atom. The smallest absolute Gasteiger partial charge is 0.356 e. The number of carboxylic acid groups (broad SMARTS) is 1. The summed E-state index contributed by atoms with van der Waals surface area (Å²) in [7, 11) is 0. The Morgan fingerprint density at radius 2 is 2.22 bits per heavy atom. The highest BCUT2D eigenvalue weighted by molar-refractivity contribution is 7.16. The summed E-state index contributed by atoms with van der Waals surface area (Å²) in [6.45, 7) is 2.18. The van der Waals surface area contributed by atoms with Gasteiger partial charge in [-0.3, -0.25) is 0 Å². The van der Waals surface area contributed by atoms with E-state index in [0.717, 1.165) is 11.4 Å². The van der Waals surface area contributed by atoms with E-state index >= 15 is 0 Å². The van der Waals surface area contributed by atoms with E-state index < -0.39 is 5.97 Å². The van der Waals surface area contributed by atoms with Crippen molar-refractivity contribution in [3.05, 3.63) is 45.7 Å². The van der Waals surface area contributed by atoms with Crippen molar-refractivity contribution < 1.29 is 14.6 Å². The first-order valence-electron chi connectivity index (χ1n) is 7.02. The molecule has 0 saturated carbocycles. The maximum atomic E-state index is 11.2. The number of nitrogens with zero attached hydrogens (tertiary/aromatic N) is 3. The molecule has 1 aromatic carbocycles. The highest BCUT2D eigenvalue weighted by Crippen LogP contribution is 2.24. The van der Waals surface area contributed by atoms with Gasteiger partial charge >= 0.3 is 5.97 Å². The van der Waals surface area contributed by atoms with Crippen LogP contribution in [0.3, 0.4) is 0 Å². The van der Waals surface area contributed by atoms with Crippen molar-refractivity contribution in [1.29, 1.82) is 0 Å². The van der Waals surface area contributed by atoms with Gasteiger partial charge in [0.1, 0.15) is 10.8 Å². The maximum absolute atomic E-state index is 11.2. The largest absolute Gasteiger partial charge is 0.492 e. The van der Waals surface area contributed by atoms with Crippen LogP contribution >= 0.6 is 22.9 Å². The van der Waals surface area contributed by atoms with E-state index in [1.807, 2.05) is 18.2 Å². The first kappa shape index (κ1) is 15.8. The van der Waals surface area contributed by atoms with Crippen molar-refractivity contribution in [2.24, 2.45) is 0 Å². The molecular formula is C15H14ClN3O3S. The number of imidazole rings is 1. The molecule has 0 spiro atoms. The van der Waals surface area contributed by atoms with Crippen LogP contribution in [0.25, 0.3) is 4.96 Å². The van der Waals surface area contributed by atoms with Crippen LogP contribution in [0.2, 0.25) is 5.02 Å². The number of hydrogen-bond acceptors (Lipinski definition) is 5. The molecule has 0 fully saturated rings. The van der Waals surface area contributed by atoms with E-state index in [1.165, 1.54) is 15.9 Å². The molecule has 3 rings (SSSR count). The van der Waals surface area contributed by atoms with E-state index in [4.69, 9.17) is 16.3 Å². The van der Waals surface area contributed by atoms with E-state index in [9.17, 15) is 9.90 Å². The molecule has 3 aromatic rings. The van der Waals surface area contributed by atoms with Crippen molar-refractivity contribution in [2.45, 2.75) is 19.8 Å². The minimum absolute atomic E-state index is 0.120. The number of aryl methyl sites for hydroxylation is 2. The first-order valence-corrected chi connectivity index (χ1v) is 8.21. The number of carbonyl (C=O) groups is 1. The SMILES string of the molecule is Cc1nc2sc(CCCOc3ccccc3Cl)nn2c1C(=O)O. The predicted octanol–water partition coefficient (Wildman–Crippen LogP) is 3.46. The number of fused-ring (bicyclic) bond motifs is 1. The zero-order valence-electron chi connectivity index (χ0n) is 12.3. The molecule has 2 aromatic heterocycles. The lowest BCUT2D eigenvalue weighted by molar-refractivity contribution is 0.0687. The number of aromatic carboxylic acids is 1. The van der Waals surface area contributed by atoms with Gasteiger partial charge in [-0.15, -0.1) is 0 Å². The van der Waals surface area contributed by atoms with Crippen LogP contribution in [0.1, 0.15) is 27.6 Å². The van der Waals surface area contributed by atoms with Gasteiger partial charge in [0.2, 0.25) is 4.96 Å². The Bertz CT molecular complexity index is 859. The van der Waals surface area contributed by atoms with Crippen molar-refractivity contribution in [2.75, 3.05) is 6.61 Å². The van der Waals surface area contributed by atoms with Gasteiger partial charge in [-0.1, -0.05) is 35.1 Å². The molecule has 1 N–H and O–H groups in total. The van der Waals surface area contributed by atoms with Gasteiger partial charge in [0.05, 0.1) is 17.3 Å². The molecule has 0 aliphatic carbocycles. The highest BCUT2D eigenvalue weighted by Gasteiger charge is 2.19. The van der Waals surface area contributed by atoms with Gasteiger partial charge in [-0.2, -0.15) is 9.61 Å². The fourth-order valence-corrected chi connectivity index (χ4v) is 3.37. The molecule has 0 bridgehead atoms. The summed E-state index contributed by atoms with van der Waals surface area (Å²) in [5, 5.41) is 14.9. The standard InChI is InChI=1S/C15H14ClN3O3S/c1-9-13(14(20)21)19-15(17-9)23-12(18-19)7-4-8-22-11-6-3-2-5-10(11)16/h2-3,5-6H,4,7-8H2,1H3,(H,20,21). The lowest BCUT2D eigenvalue weighted by Crippen LogP contribution is -2.05. The van der Waals surface area contributed by atoms with E-state index in [1.54, 1.807) is 13.0 Å². The van der Waals surface area contributed by atoms with Gasteiger partial charge in [-0.05, 0) is 25.5 Å². The summed E-state index contributed by atoms with van der Waals surface area (Å²) >= 11 is 7.41. The number of ether oxygens (including phenoxy) is 1. The van der Waals surface area contributed by atoms with Gasteiger partial charge in [-0.25, -0.2) is 9.78 Å². The van der Waals surface area contributed by atoms with Crippen molar-refractivity contribution in [3.8, 4) is 5.75 Å². The van der Waals surface area contributed by atoms with Crippen LogP contribution in [0, 0.1) is 6.92 Å². The molecule has 0 saturated heterocycles. The summed E-state index contributed by atoms with van der Waals surface area (Å²) in [4.78, 5) is 16.1. The third-order valence-electron chi connectivity index (χ3n) is 3.25. The molecule has 0 radical (unpaired) electrons. The lowest BCUT2D eigenvalue weighted by atomic mass is 10.3. The fourth-order valence-electron chi connectivity index (χ4n) is 2.20. The van der Waals surface area contributed by atoms with Gasteiger partial charge < -0.3 is 9.84 Å². The number of hydrogen-bond donors (Lipinski definition) is 1. The Morgan fingerprint density at radius 3 is 2.96 bits per heavy atom. The minimum Gasteiger partial charge on any atom is -0.492 e. The third-order valence-corrected chi connectivity index (χ3v) is 4.53. The molecule has 6 nitrogen and oxygen atoms in total. The molecule has 0 atom stereocenters.